The maximum Gasteiger partial charge on any atom is 0.336 e. The molecule has 12 rings (SSSR count). The average Bonchev–Trinajstić information content (AvgIpc) is 1.95. The van der Waals surface area contributed by atoms with Crippen LogP contribution in [0, 0.1) is 0 Å². The molecule has 0 aliphatic carbocycles. The minimum absolute atomic E-state index is 0.0484. The van der Waals surface area contributed by atoms with Crippen LogP contribution in [0.5, 0.6) is 17.2 Å². The van der Waals surface area contributed by atoms with Gasteiger partial charge in [-0.2, -0.15) is 0 Å². The number of benzene rings is 7. The number of carbonyl (C=O) groups excluding carboxylic acids is 4. The van der Waals surface area contributed by atoms with Gasteiger partial charge in [0.1, 0.15) is 5.75 Å². The number of hydrogen-bond donors (Lipinski definition) is 4. The summed E-state index contributed by atoms with van der Waals surface area (Å²) in [5.74, 6) is -3.28. The van der Waals surface area contributed by atoms with Crippen LogP contribution in [0.2, 0.25) is 0 Å². The number of carboxylic acids is 4. The molecule has 0 radical (unpaired) electrons. The molecule has 8 aromatic rings. The van der Waals surface area contributed by atoms with E-state index in [2.05, 4.69) is 4.98 Å². The van der Waals surface area contributed by atoms with E-state index < -0.39 is 23.9 Å². The number of nitrogens with zero attached hydrogens (tertiary/aromatic N) is 5. The van der Waals surface area contributed by atoms with E-state index in [0.717, 1.165) is 50.4 Å². The van der Waals surface area contributed by atoms with E-state index in [4.69, 9.17) is 19.3 Å². The molecule has 0 saturated heterocycles. The molecule has 0 saturated carbocycles. The van der Waals surface area contributed by atoms with Gasteiger partial charge in [-0.25, -0.2) is 19.2 Å². The van der Waals surface area contributed by atoms with Crippen molar-refractivity contribution in [3.63, 3.8) is 0 Å². The van der Waals surface area contributed by atoms with E-state index in [9.17, 15) is 53.7 Å². The number of methoxy groups -OCH3 is 3. The first-order valence-electron chi connectivity index (χ1n) is 26.8. The predicted octanol–water partition coefficient (Wildman–Crippen LogP) is 9.58. The molecule has 4 amide bonds. The molecular formula is C66H57N5O15. The molecule has 4 aliphatic heterocycles. The Morgan fingerprint density at radius 3 is 1.10 bits per heavy atom. The number of carboxylic acid groups (broad SMARTS) is 4. The zero-order valence-electron chi connectivity index (χ0n) is 46.8. The Bertz CT molecular complexity index is 3810. The molecule has 0 atom stereocenters. The van der Waals surface area contributed by atoms with Gasteiger partial charge in [0.2, 0.25) is 0 Å². The average molecular weight is 1160 g/mol. The minimum atomic E-state index is -1.09. The molecule has 0 bridgehead atoms. The van der Waals surface area contributed by atoms with Crippen molar-refractivity contribution in [2.24, 2.45) is 0 Å². The highest BCUT2D eigenvalue weighted by molar-refractivity contribution is 6.10. The highest BCUT2D eigenvalue weighted by Gasteiger charge is 2.35. The Labute approximate surface area is 493 Å². The Balaban J connectivity index is 0.000000137. The molecule has 0 fully saturated rings. The second-order valence-electron chi connectivity index (χ2n) is 20.1. The summed E-state index contributed by atoms with van der Waals surface area (Å²) in [7, 11) is 4.71. The quantitative estimate of drug-likeness (QED) is 0.0744. The molecule has 20 heteroatoms. The summed E-state index contributed by atoms with van der Waals surface area (Å²) in [6.07, 6.45) is 1.67. The number of aromatic carboxylic acids is 4. The van der Waals surface area contributed by atoms with Crippen LogP contribution in [0.1, 0.15) is 128 Å². The maximum atomic E-state index is 12.6. The van der Waals surface area contributed by atoms with Crippen molar-refractivity contribution in [3.8, 4) is 17.2 Å². The van der Waals surface area contributed by atoms with Gasteiger partial charge in [-0.05, 0) is 99.6 Å². The normalized spacial score (nSPS) is 13.2. The van der Waals surface area contributed by atoms with Crippen LogP contribution in [-0.4, -0.2) is 114 Å². The second kappa shape index (κ2) is 26.4. The lowest BCUT2D eigenvalue weighted by Gasteiger charge is -2.17. The molecule has 7 aromatic carbocycles. The van der Waals surface area contributed by atoms with E-state index in [0.29, 0.717) is 80.5 Å². The summed E-state index contributed by atoms with van der Waals surface area (Å²) >= 11 is 0. The fourth-order valence-corrected chi connectivity index (χ4v) is 10.5. The monoisotopic (exact) mass is 1160 g/mol. The van der Waals surface area contributed by atoms with Gasteiger partial charge in [0, 0.05) is 52.0 Å². The Kier molecular flexibility index (Phi) is 18.3. The van der Waals surface area contributed by atoms with Crippen molar-refractivity contribution < 1.29 is 73.0 Å². The third-order valence-electron chi connectivity index (χ3n) is 14.6. The lowest BCUT2D eigenvalue weighted by molar-refractivity contribution is 0.0676. The summed E-state index contributed by atoms with van der Waals surface area (Å²) in [5.41, 5.74) is 8.20. The van der Waals surface area contributed by atoms with E-state index in [1.54, 1.807) is 95.7 Å². The fourth-order valence-electron chi connectivity index (χ4n) is 10.5. The molecule has 4 N–H and O–H groups in total. The first-order chi connectivity index (χ1) is 41.5. The zero-order valence-corrected chi connectivity index (χ0v) is 46.8. The van der Waals surface area contributed by atoms with Gasteiger partial charge in [-0.3, -0.25) is 24.2 Å². The minimum Gasteiger partial charge on any atom is -0.497 e. The Hall–Kier alpha value is -11.2. The van der Waals surface area contributed by atoms with Crippen LogP contribution >= 0.6 is 0 Å². The summed E-state index contributed by atoms with van der Waals surface area (Å²) in [4.78, 5) is 106. The summed E-state index contributed by atoms with van der Waals surface area (Å²) in [5, 5.41) is 36.8. The molecule has 0 unspecified atom stereocenters. The van der Waals surface area contributed by atoms with Crippen molar-refractivity contribution >= 4 is 47.5 Å². The van der Waals surface area contributed by atoms with Crippen molar-refractivity contribution in [2.75, 3.05) is 21.3 Å². The number of fused-ring (bicyclic) bond motifs is 4. The van der Waals surface area contributed by atoms with Gasteiger partial charge in [0.25, 0.3) is 23.6 Å². The molecule has 0 spiro atoms. The summed E-state index contributed by atoms with van der Waals surface area (Å²) in [6.45, 7) is 3.39. The molecular weight excluding hydrogens is 1100 g/mol. The third kappa shape index (κ3) is 13.0. The van der Waals surface area contributed by atoms with Crippen LogP contribution in [0.3, 0.4) is 0 Å². The summed E-state index contributed by atoms with van der Waals surface area (Å²) < 4.78 is 15.6. The molecule has 20 nitrogen and oxygen atoms in total. The molecule has 5 heterocycles. The maximum absolute atomic E-state index is 12.6. The molecule has 4 aliphatic rings. The highest BCUT2D eigenvalue weighted by atomic mass is 16.5. The lowest BCUT2D eigenvalue weighted by atomic mass is 10.0. The second-order valence-corrected chi connectivity index (χ2v) is 20.1. The van der Waals surface area contributed by atoms with E-state index in [1.165, 1.54) is 24.3 Å². The first kappa shape index (κ1) is 59.5. The lowest BCUT2D eigenvalue weighted by Crippen LogP contribution is -2.24. The van der Waals surface area contributed by atoms with Gasteiger partial charge < -0.3 is 54.2 Å². The van der Waals surface area contributed by atoms with Gasteiger partial charge in [0.05, 0.1) is 78.1 Å². The topological polar surface area (TPSA) is 271 Å². The molecule has 436 valence electrons. The number of hydrogen-bond acceptors (Lipinski definition) is 12. The van der Waals surface area contributed by atoms with Crippen LogP contribution in [0.15, 0.2) is 170 Å². The Morgan fingerprint density at radius 1 is 0.384 bits per heavy atom. The van der Waals surface area contributed by atoms with Crippen molar-refractivity contribution in [3.05, 3.63) is 259 Å². The predicted molar refractivity (Wildman–Crippen MR) is 311 cm³/mol. The highest BCUT2D eigenvalue weighted by Crippen LogP contribution is 2.33. The number of ether oxygens (including phenoxy) is 3. The summed E-state index contributed by atoms with van der Waals surface area (Å²) in [6, 6.07) is 47.8. The van der Waals surface area contributed by atoms with Crippen molar-refractivity contribution in [2.45, 2.75) is 52.4 Å². The third-order valence-corrected chi connectivity index (χ3v) is 14.6. The van der Waals surface area contributed by atoms with Crippen LogP contribution < -0.4 is 14.2 Å². The van der Waals surface area contributed by atoms with Gasteiger partial charge in [0.15, 0.2) is 11.5 Å². The number of pyridine rings is 1. The SMILES string of the molecule is COc1ccc(CN2Cc3cccc(C(=O)O)c3C2=O)cc1.COc1ccc(CN2Cc3cccc(C(=O)O)c3C2=O)cc1OC.O=C(O)c1cccc2c1C(=O)N(Cc1ccccc1)C2.O=C(O)c1cccc2c1C(=O)N(Cc1ccccn1)C2. The van der Waals surface area contributed by atoms with Crippen molar-refractivity contribution in [1.29, 1.82) is 0 Å². The standard InChI is InChI=1S/C18H17NO5.C17H15NO4.C16H13NO3.C15H12N2O3/c1-23-14-7-6-11(8-15(14)24-2)9-19-10-12-4-3-5-13(18(21)22)16(12)17(19)20;1-22-13-7-5-11(6-8-13)9-18-10-12-3-2-4-14(17(20)21)15(12)16(18)19;18-15-14-12(7-4-8-13(14)16(19)20)10-17(15)9-11-5-2-1-3-6-11;18-14-13-10(4-3-6-12(13)15(19)20)8-17(14)9-11-5-1-2-7-16-11/h3-8H,9-10H2,1-2H3,(H,21,22);2-8H,9-10H2,1H3,(H,20,21);1-8H,9-10H2,(H,19,20);1-7H,8-9H2,(H,19,20). The Morgan fingerprint density at radius 2 is 0.744 bits per heavy atom. The first-order valence-corrected chi connectivity index (χ1v) is 26.8. The van der Waals surface area contributed by atoms with E-state index >= 15 is 0 Å². The van der Waals surface area contributed by atoms with Gasteiger partial charge in [-0.1, -0.05) is 103 Å². The van der Waals surface area contributed by atoms with E-state index in [-0.39, 0.29) is 51.4 Å². The molecule has 86 heavy (non-hydrogen) atoms. The van der Waals surface area contributed by atoms with Crippen molar-refractivity contribution in [1.82, 2.24) is 24.6 Å². The van der Waals surface area contributed by atoms with Crippen LogP contribution in [0.25, 0.3) is 0 Å². The number of carbonyl (C=O) groups is 8. The molecule has 1 aromatic heterocycles. The van der Waals surface area contributed by atoms with E-state index in [1.807, 2.05) is 91.0 Å². The largest absolute Gasteiger partial charge is 0.497 e. The van der Waals surface area contributed by atoms with Gasteiger partial charge in [-0.15, -0.1) is 0 Å². The number of aromatic nitrogens is 1. The zero-order chi connectivity index (χ0) is 61.2. The van der Waals surface area contributed by atoms with Gasteiger partial charge >= 0.3 is 23.9 Å². The fraction of sp³-hybridized carbons (Fsp3) is 0.167. The van der Waals surface area contributed by atoms with Crippen LogP contribution in [-0.2, 0) is 52.4 Å². The van der Waals surface area contributed by atoms with Crippen LogP contribution in [0.4, 0.5) is 0 Å². The number of rotatable bonds is 15. The smallest absolute Gasteiger partial charge is 0.336 e. The number of amides is 4.